The lowest BCUT2D eigenvalue weighted by atomic mass is 10.2. The van der Waals surface area contributed by atoms with E-state index in [9.17, 15) is 4.79 Å². The number of amides is 1. The maximum atomic E-state index is 12.4. The summed E-state index contributed by atoms with van der Waals surface area (Å²) in [5.41, 5.74) is 1.44. The van der Waals surface area contributed by atoms with E-state index in [2.05, 4.69) is 5.32 Å². The Kier molecular flexibility index (Phi) is 4.64. The average molecular weight is 386 g/mol. The molecule has 7 heteroatoms. The van der Waals surface area contributed by atoms with Crippen LogP contribution in [0, 0.1) is 6.92 Å². The second kappa shape index (κ2) is 7.25. The van der Waals surface area contributed by atoms with Crippen LogP contribution in [0.15, 0.2) is 52.9 Å². The molecular weight excluding hydrogens is 370 g/mol. The van der Waals surface area contributed by atoms with Crippen molar-refractivity contribution in [2.75, 3.05) is 12.1 Å². The first-order valence-corrected chi connectivity index (χ1v) is 8.65. The van der Waals surface area contributed by atoms with Gasteiger partial charge in [-0.15, -0.1) is 0 Å². The highest BCUT2D eigenvalue weighted by Gasteiger charge is 2.15. The molecule has 0 atom stereocenters. The molecule has 0 aliphatic carbocycles. The molecule has 0 radical (unpaired) electrons. The fraction of sp³-hybridized carbons (Fsp3) is 0.150. The fourth-order valence-corrected chi connectivity index (χ4v) is 2.80. The summed E-state index contributed by atoms with van der Waals surface area (Å²) >= 11 is 6.07. The Morgan fingerprint density at radius 3 is 2.89 bits per heavy atom. The zero-order valence-corrected chi connectivity index (χ0v) is 15.2. The van der Waals surface area contributed by atoms with Gasteiger partial charge in [-0.1, -0.05) is 17.7 Å². The van der Waals surface area contributed by atoms with Crippen molar-refractivity contribution in [1.29, 1.82) is 0 Å². The molecule has 0 spiro atoms. The number of rotatable bonds is 5. The van der Waals surface area contributed by atoms with Crippen LogP contribution >= 0.6 is 11.6 Å². The highest BCUT2D eigenvalue weighted by Crippen LogP contribution is 2.35. The minimum atomic E-state index is -0.352. The van der Waals surface area contributed by atoms with Gasteiger partial charge in [-0.05, 0) is 48.9 Å². The molecule has 6 nitrogen and oxygen atoms in total. The van der Waals surface area contributed by atoms with Gasteiger partial charge in [0.1, 0.15) is 18.1 Å². The van der Waals surface area contributed by atoms with Gasteiger partial charge in [0.15, 0.2) is 17.3 Å². The molecule has 3 aromatic rings. The maximum Gasteiger partial charge on any atom is 0.291 e. The summed E-state index contributed by atoms with van der Waals surface area (Å²) in [6.45, 7) is 2.23. The Morgan fingerprint density at radius 2 is 2.00 bits per heavy atom. The van der Waals surface area contributed by atoms with E-state index < -0.39 is 0 Å². The number of ether oxygens (including phenoxy) is 3. The van der Waals surface area contributed by atoms with Crippen LogP contribution in [0.2, 0.25) is 5.02 Å². The molecule has 0 saturated carbocycles. The Bertz CT molecular complexity index is 998. The van der Waals surface area contributed by atoms with Crippen molar-refractivity contribution in [2.45, 2.75) is 13.5 Å². The van der Waals surface area contributed by atoms with Gasteiger partial charge in [0.2, 0.25) is 6.79 Å². The Morgan fingerprint density at radius 1 is 1.15 bits per heavy atom. The van der Waals surface area contributed by atoms with Crippen LogP contribution in [-0.2, 0) is 6.61 Å². The largest absolute Gasteiger partial charge is 0.486 e. The molecule has 0 fully saturated rings. The van der Waals surface area contributed by atoms with Gasteiger partial charge >= 0.3 is 0 Å². The van der Waals surface area contributed by atoms with Gasteiger partial charge in [-0.25, -0.2) is 0 Å². The molecule has 4 rings (SSSR count). The van der Waals surface area contributed by atoms with Crippen molar-refractivity contribution >= 4 is 23.2 Å². The molecule has 1 aromatic heterocycles. The third-order valence-electron chi connectivity index (χ3n) is 4.13. The van der Waals surface area contributed by atoms with E-state index in [1.54, 1.807) is 48.5 Å². The standard InChI is InChI=1S/C20H16ClNO5/c1-12-15(21)3-2-4-16(12)22-20(23)18-8-6-14(27-18)10-24-13-5-7-17-19(9-13)26-11-25-17/h2-9H,10-11H2,1H3,(H,22,23). The normalized spacial score (nSPS) is 12.1. The minimum Gasteiger partial charge on any atom is -0.486 e. The van der Waals surface area contributed by atoms with E-state index in [1.807, 2.05) is 6.92 Å². The maximum absolute atomic E-state index is 12.4. The number of fused-ring (bicyclic) bond motifs is 1. The molecule has 0 bridgehead atoms. The highest BCUT2D eigenvalue weighted by atomic mass is 35.5. The van der Waals surface area contributed by atoms with Crippen molar-refractivity contribution in [3.05, 3.63) is 70.6 Å². The van der Waals surface area contributed by atoms with Crippen LogP contribution < -0.4 is 19.5 Å². The Balaban J connectivity index is 1.39. The minimum absolute atomic E-state index is 0.184. The van der Waals surface area contributed by atoms with Gasteiger partial charge < -0.3 is 23.9 Å². The van der Waals surface area contributed by atoms with E-state index in [0.29, 0.717) is 33.7 Å². The fourth-order valence-electron chi connectivity index (χ4n) is 2.63. The number of hydrogen-bond acceptors (Lipinski definition) is 5. The smallest absolute Gasteiger partial charge is 0.291 e. The second-order valence-corrected chi connectivity index (χ2v) is 6.34. The summed E-state index contributed by atoms with van der Waals surface area (Å²) in [4.78, 5) is 12.4. The van der Waals surface area contributed by atoms with Gasteiger partial charge in [0.25, 0.3) is 5.91 Å². The summed E-state index contributed by atoms with van der Waals surface area (Å²) in [7, 11) is 0. The average Bonchev–Trinajstić information content (AvgIpc) is 3.32. The zero-order chi connectivity index (χ0) is 18.8. The number of carbonyl (C=O) groups excluding carboxylic acids is 1. The first-order valence-electron chi connectivity index (χ1n) is 8.28. The van der Waals surface area contributed by atoms with Crippen LogP contribution in [0.5, 0.6) is 17.2 Å². The van der Waals surface area contributed by atoms with Crippen molar-refractivity contribution in [3.63, 3.8) is 0 Å². The van der Waals surface area contributed by atoms with E-state index >= 15 is 0 Å². The SMILES string of the molecule is Cc1c(Cl)cccc1NC(=O)c1ccc(COc2ccc3c(c2)OCO3)o1. The summed E-state index contributed by atoms with van der Waals surface area (Å²) in [6, 6.07) is 14.0. The monoisotopic (exact) mass is 385 g/mol. The number of halogens is 1. The number of anilines is 1. The number of furan rings is 1. The molecule has 1 aliphatic rings. The second-order valence-electron chi connectivity index (χ2n) is 5.94. The topological polar surface area (TPSA) is 69.9 Å². The molecule has 0 saturated heterocycles. The summed E-state index contributed by atoms with van der Waals surface area (Å²) in [6.07, 6.45) is 0. The lowest BCUT2D eigenvalue weighted by Gasteiger charge is -2.08. The summed E-state index contributed by atoms with van der Waals surface area (Å²) in [5.74, 6) is 2.32. The third-order valence-corrected chi connectivity index (χ3v) is 4.54. The van der Waals surface area contributed by atoms with Gasteiger partial charge in [0, 0.05) is 16.8 Å². The number of benzene rings is 2. The predicted octanol–water partition coefficient (Wildman–Crippen LogP) is 4.80. The molecule has 138 valence electrons. The van der Waals surface area contributed by atoms with Crippen molar-refractivity contribution in [3.8, 4) is 17.2 Å². The summed E-state index contributed by atoms with van der Waals surface area (Å²) < 4.78 is 21.8. The lowest BCUT2D eigenvalue weighted by Crippen LogP contribution is -2.12. The molecule has 27 heavy (non-hydrogen) atoms. The summed E-state index contributed by atoms with van der Waals surface area (Å²) in [5, 5.41) is 3.38. The van der Waals surface area contributed by atoms with Gasteiger partial charge in [0.05, 0.1) is 0 Å². The van der Waals surface area contributed by atoms with E-state index in [4.69, 9.17) is 30.2 Å². The quantitative estimate of drug-likeness (QED) is 0.683. The molecular formula is C20H16ClNO5. The zero-order valence-electron chi connectivity index (χ0n) is 14.5. The Hall–Kier alpha value is -3.12. The highest BCUT2D eigenvalue weighted by molar-refractivity contribution is 6.31. The van der Waals surface area contributed by atoms with E-state index in [0.717, 1.165) is 5.56 Å². The first-order chi connectivity index (χ1) is 13.1. The molecule has 1 amide bonds. The Labute approximate surface area is 160 Å². The van der Waals surface area contributed by atoms with Crippen molar-refractivity contribution in [1.82, 2.24) is 0 Å². The van der Waals surface area contributed by atoms with Crippen LogP contribution in [0.4, 0.5) is 5.69 Å². The van der Waals surface area contributed by atoms with Crippen LogP contribution in [0.3, 0.4) is 0 Å². The number of nitrogens with one attached hydrogen (secondary N) is 1. The van der Waals surface area contributed by atoms with Crippen molar-refractivity contribution < 1.29 is 23.4 Å². The van der Waals surface area contributed by atoms with Crippen molar-refractivity contribution in [2.24, 2.45) is 0 Å². The van der Waals surface area contributed by atoms with Gasteiger partial charge in [-0.2, -0.15) is 0 Å². The lowest BCUT2D eigenvalue weighted by molar-refractivity contribution is 0.0992. The molecule has 1 aliphatic heterocycles. The molecule has 2 aromatic carbocycles. The molecule has 2 heterocycles. The predicted molar refractivity (Wildman–Crippen MR) is 99.7 cm³/mol. The number of carbonyl (C=O) groups is 1. The molecule has 1 N–H and O–H groups in total. The molecule has 0 unspecified atom stereocenters. The van der Waals surface area contributed by atoms with E-state index in [-0.39, 0.29) is 25.1 Å². The first kappa shape index (κ1) is 17.3. The third kappa shape index (κ3) is 3.71. The van der Waals surface area contributed by atoms with Crippen LogP contribution in [0.1, 0.15) is 21.9 Å². The van der Waals surface area contributed by atoms with Gasteiger partial charge in [-0.3, -0.25) is 4.79 Å². The number of hydrogen-bond donors (Lipinski definition) is 1. The van der Waals surface area contributed by atoms with Crippen LogP contribution in [-0.4, -0.2) is 12.7 Å². The van der Waals surface area contributed by atoms with Crippen LogP contribution in [0.25, 0.3) is 0 Å². The van der Waals surface area contributed by atoms with E-state index in [1.165, 1.54) is 0 Å².